The maximum absolute atomic E-state index is 5.73. The molecule has 1 aromatic heterocycles. The zero-order valence-corrected chi connectivity index (χ0v) is 12.2. The third kappa shape index (κ3) is 2.95. The fourth-order valence-corrected chi connectivity index (χ4v) is 2.99. The normalized spacial score (nSPS) is 20.9. The van der Waals surface area contributed by atoms with Crippen molar-refractivity contribution >= 4 is 0 Å². The molecule has 4 nitrogen and oxygen atoms in total. The van der Waals surface area contributed by atoms with Crippen molar-refractivity contribution in [3.05, 3.63) is 48.0 Å². The molecule has 1 saturated carbocycles. The molecule has 21 heavy (non-hydrogen) atoms. The first-order valence-electron chi connectivity index (χ1n) is 7.84. The SMILES string of the molecule is c1ccc2c(c1)OCCC2Cn1cnc(CNC2CC2)c1. The van der Waals surface area contributed by atoms with Crippen molar-refractivity contribution in [2.75, 3.05) is 6.61 Å². The van der Waals surface area contributed by atoms with Crippen LogP contribution in [0.4, 0.5) is 0 Å². The maximum Gasteiger partial charge on any atom is 0.122 e. The Morgan fingerprint density at radius 1 is 1.24 bits per heavy atom. The number of aromatic nitrogens is 2. The average molecular weight is 283 g/mol. The van der Waals surface area contributed by atoms with Gasteiger partial charge < -0.3 is 14.6 Å². The van der Waals surface area contributed by atoms with Crippen LogP contribution in [0.2, 0.25) is 0 Å². The average Bonchev–Trinajstić information content (AvgIpc) is 3.25. The molecule has 1 N–H and O–H groups in total. The predicted octanol–water partition coefficient (Wildman–Crippen LogP) is 2.70. The highest BCUT2D eigenvalue weighted by atomic mass is 16.5. The van der Waals surface area contributed by atoms with E-state index < -0.39 is 0 Å². The first-order valence-corrected chi connectivity index (χ1v) is 7.84. The lowest BCUT2D eigenvalue weighted by atomic mass is 9.93. The van der Waals surface area contributed by atoms with E-state index in [0.717, 1.165) is 43.6 Å². The molecular formula is C17H21N3O. The van der Waals surface area contributed by atoms with Crippen LogP contribution in [0.15, 0.2) is 36.8 Å². The van der Waals surface area contributed by atoms with Crippen LogP contribution in [-0.4, -0.2) is 22.2 Å². The van der Waals surface area contributed by atoms with Gasteiger partial charge in [-0.2, -0.15) is 0 Å². The van der Waals surface area contributed by atoms with E-state index in [-0.39, 0.29) is 0 Å². The predicted molar refractivity (Wildman–Crippen MR) is 81.4 cm³/mol. The van der Waals surface area contributed by atoms with Crippen LogP contribution in [0, 0.1) is 0 Å². The topological polar surface area (TPSA) is 39.1 Å². The lowest BCUT2D eigenvalue weighted by molar-refractivity contribution is 0.259. The van der Waals surface area contributed by atoms with E-state index in [2.05, 4.69) is 39.3 Å². The lowest BCUT2D eigenvalue weighted by Gasteiger charge is -2.26. The van der Waals surface area contributed by atoms with Crippen molar-refractivity contribution in [1.29, 1.82) is 0 Å². The van der Waals surface area contributed by atoms with E-state index >= 15 is 0 Å². The smallest absolute Gasteiger partial charge is 0.122 e. The zero-order valence-electron chi connectivity index (χ0n) is 12.2. The molecular weight excluding hydrogens is 262 g/mol. The highest BCUT2D eigenvalue weighted by Crippen LogP contribution is 2.34. The molecule has 0 bridgehead atoms. The third-order valence-electron chi connectivity index (χ3n) is 4.35. The molecule has 1 aliphatic heterocycles. The van der Waals surface area contributed by atoms with Crippen LogP contribution < -0.4 is 10.1 Å². The number of rotatable bonds is 5. The van der Waals surface area contributed by atoms with Gasteiger partial charge in [0.05, 0.1) is 18.6 Å². The number of hydrogen-bond donors (Lipinski definition) is 1. The van der Waals surface area contributed by atoms with Gasteiger partial charge in [-0.25, -0.2) is 4.98 Å². The van der Waals surface area contributed by atoms with Gasteiger partial charge in [0.15, 0.2) is 0 Å². The minimum atomic E-state index is 0.522. The maximum atomic E-state index is 5.73. The van der Waals surface area contributed by atoms with Crippen molar-refractivity contribution in [3.63, 3.8) is 0 Å². The second kappa shape index (κ2) is 5.53. The Bertz CT molecular complexity index is 618. The summed E-state index contributed by atoms with van der Waals surface area (Å²) in [5, 5.41) is 3.51. The Kier molecular flexibility index (Phi) is 3.39. The van der Waals surface area contributed by atoms with Gasteiger partial charge >= 0.3 is 0 Å². The minimum Gasteiger partial charge on any atom is -0.493 e. The van der Waals surface area contributed by atoms with Crippen molar-refractivity contribution in [2.24, 2.45) is 0 Å². The number of para-hydroxylation sites is 1. The summed E-state index contributed by atoms with van der Waals surface area (Å²) in [6, 6.07) is 9.13. The first kappa shape index (κ1) is 12.9. The lowest BCUT2D eigenvalue weighted by Crippen LogP contribution is -2.18. The molecule has 1 atom stereocenters. The molecule has 2 aromatic rings. The molecule has 1 unspecified atom stereocenters. The molecule has 0 radical (unpaired) electrons. The largest absolute Gasteiger partial charge is 0.493 e. The molecule has 0 saturated heterocycles. The number of benzene rings is 1. The van der Waals surface area contributed by atoms with Crippen molar-refractivity contribution in [2.45, 2.75) is 44.3 Å². The fraction of sp³-hybridized carbons (Fsp3) is 0.471. The summed E-state index contributed by atoms with van der Waals surface area (Å²) in [7, 11) is 0. The van der Waals surface area contributed by atoms with Crippen molar-refractivity contribution in [3.8, 4) is 5.75 Å². The summed E-state index contributed by atoms with van der Waals surface area (Å²) in [5.74, 6) is 1.57. The highest BCUT2D eigenvalue weighted by Gasteiger charge is 2.22. The molecule has 1 aliphatic carbocycles. The molecule has 1 fully saturated rings. The van der Waals surface area contributed by atoms with Crippen LogP contribution in [0.1, 0.15) is 36.4 Å². The van der Waals surface area contributed by atoms with Gasteiger partial charge in [0, 0.05) is 31.2 Å². The molecule has 2 heterocycles. The van der Waals surface area contributed by atoms with E-state index in [4.69, 9.17) is 4.74 Å². The van der Waals surface area contributed by atoms with Gasteiger partial charge in [0.1, 0.15) is 5.75 Å². The van der Waals surface area contributed by atoms with E-state index in [1.165, 1.54) is 18.4 Å². The second-order valence-corrected chi connectivity index (χ2v) is 6.09. The number of fused-ring (bicyclic) bond motifs is 1. The summed E-state index contributed by atoms with van der Waals surface area (Å²) < 4.78 is 7.95. The molecule has 0 spiro atoms. The molecule has 0 amide bonds. The van der Waals surface area contributed by atoms with Crippen molar-refractivity contribution < 1.29 is 4.74 Å². The van der Waals surface area contributed by atoms with Gasteiger partial charge in [-0.15, -0.1) is 0 Å². The standard InChI is InChI=1S/C17H21N3O/c1-2-4-17-16(3-1)13(7-8-21-17)10-20-11-15(19-12-20)9-18-14-5-6-14/h1-4,11-14,18H,5-10H2. The number of imidazole rings is 1. The van der Waals surface area contributed by atoms with Crippen LogP contribution in [0.3, 0.4) is 0 Å². The Morgan fingerprint density at radius 3 is 3.05 bits per heavy atom. The van der Waals surface area contributed by atoms with E-state index in [0.29, 0.717) is 5.92 Å². The second-order valence-electron chi connectivity index (χ2n) is 6.09. The van der Waals surface area contributed by atoms with Gasteiger partial charge in [0.25, 0.3) is 0 Å². The third-order valence-corrected chi connectivity index (χ3v) is 4.35. The number of ether oxygens (including phenoxy) is 1. The van der Waals surface area contributed by atoms with Gasteiger partial charge in [-0.3, -0.25) is 0 Å². The van der Waals surface area contributed by atoms with Crippen LogP contribution in [0.25, 0.3) is 0 Å². The Labute approximate surface area is 125 Å². The number of nitrogens with zero attached hydrogens (tertiary/aromatic N) is 2. The summed E-state index contributed by atoms with van der Waals surface area (Å²) >= 11 is 0. The number of nitrogens with one attached hydrogen (secondary N) is 1. The van der Waals surface area contributed by atoms with Gasteiger partial charge in [0.2, 0.25) is 0 Å². The van der Waals surface area contributed by atoms with Crippen molar-refractivity contribution in [1.82, 2.24) is 14.9 Å². The molecule has 2 aliphatic rings. The van der Waals surface area contributed by atoms with Crippen LogP contribution in [-0.2, 0) is 13.1 Å². The van der Waals surface area contributed by atoms with Crippen LogP contribution in [0.5, 0.6) is 5.75 Å². The number of hydrogen-bond acceptors (Lipinski definition) is 3. The van der Waals surface area contributed by atoms with E-state index in [9.17, 15) is 0 Å². The van der Waals surface area contributed by atoms with Crippen LogP contribution >= 0.6 is 0 Å². The molecule has 1 aromatic carbocycles. The molecule has 4 heteroatoms. The summed E-state index contributed by atoms with van der Waals surface area (Å²) in [5.41, 5.74) is 2.47. The minimum absolute atomic E-state index is 0.522. The van der Waals surface area contributed by atoms with Gasteiger partial charge in [-0.1, -0.05) is 18.2 Å². The highest BCUT2D eigenvalue weighted by molar-refractivity contribution is 5.37. The van der Waals surface area contributed by atoms with Gasteiger partial charge in [-0.05, 0) is 30.9 Å². The van der Waals surface area contributed by atoms with E-state index in [1.807, 2.05) is 12.4 Å². The Hall–Kier alpha value is -1.81. The molecule has 110 valence electrons. The molecule has 4 rings (SSSR count). The fourth-order valence-electron chi connectivity index (χ4n) is 2.99. The first-order chi connectivity index (χ1) is 10.4. The monoisotopic (exact) mass is 283 g/mol. The quantitative estimate of drug-likeness (QED) is 0.917. The zero-order chi connectivity index (χ0) is 14.1. The summed E-state index contributed by atoms with van der Waals surface area (Å²) in [6.45, 7) is 2.69. The Balaban J connectivity index is 1.44. The summed E-state index contributed by atoms with van der Waals surface area (Å²) in [6.07, 6.45) is 7.85. The Morgan fingerprint density at radius 2 is 2.14 bits per heavy atom. The van der Waals surface area contributed by atoms with E-state index in [1.54, 1.807) is 0 Å². The summed E-state index contributed by atoms with van der Waals surface area (Å²) in [4.78, 5) is 4.51.